The highest BCUT2D eigenvalue weighted by molar-refractivity contribution is 7.13. The predicted molar refractivity (Wildman–Crippen MR) is 83.5 cm³/mol. The second-order valence-electron chi connectivity index (χ2n) is 4.43. The monoisotopic (exact) mass is 319 g/mol. The Morgan fingerprint density at radius 1 is 1.43 bits per heavy atom. The number of aliphatic hydroxyl groups is 1. The Hall–Kier alpha value is -1.96. The third kappa shape index (κ3) is 3.21. The Labute approximate surface area is 129 Å². The maximum absolute atomic E-state index is 12.0. The minimum Gasteiger partial charge on any atom is -0.387 e. The summed E-state index contributed by atoms with van der Waals surface area (Å²) in [6, 6.07) is 7.45. The number of amides is 1. The van der Waals surface area contributed by atoms with Gasteiger partial charge in [-0.1, -0.05) is 6.07 Å². The molecule has 1 unspecified atom stereocenters. The van der Waals surface area contributed by atoms with E-state index in [1.54, 1.807) is 17.4 Å². The summed E-state index contributed by atoms with van der Waals surface area (Å²) in [6.45, 7) is 0.163. The molecule has 3 heterocycles. The van der Waals surface area contributed by atoms with Crippen molar-refractivity contribution < 1.29 is 9.90 Å². The Morgan fingerprint density at radius 3 is 3.05 bits per heavy atom. The number of hydrogen-bond acceptors (Lipinski definition) is 5. The molecule has 5 nitrogen and oxygen atoms in total. The molecule has 0 spiro atoms. The average Bonchev–Trinajstić information content (AvgIpc) is 3.25. The number of aromatic amines is 1. The molecule has 1 amide bonds. The molecule has 0 aliphatic rings. The van der Waals surface area contributed by atoms with Crippen molar-refractivity contribution in [2.45, 2.75) is 6.10 Å². The van der Waals surface area contributed by atoms with Gasteiger partial charge >= 0.3 is 0 Å². The summed E-state index contributed by atoms with van der Waals surface area (Å²) < 4.78 is 0. The highest BCUT2D eigenvalue weighted by Crippen LogP contribution is 2.23. The van der Waals surface area contributed by atoms with Crippen LogP contribution in [0.2, 0.25) is 0 Å². The lowest BCUT2D eigenvalue weighted by Gasteiger charge is -2.09. The second kappa shape index (κ2) is 6.21. The number of aromatic nitrogens is 2. The number of H-pyrrole nitrogens is 1. The number of rotatable bonds is 5. The summed E-state index contributed by atoms with van der Waals surface area (Å²) >= 11 is 3.09. The van der Waals surface area contributed by atoms with Gasteiger partial charge in [-0.15, -0.1) is 11.3 Å². The number of aliphatic hydroxyl groups excluding tert-OH is 1. The number of thiophene rings is 2. The fourth-order valence-electron chi connectivity index (χ4n) is 1.86. The van der Waals surface area contributed by atoms with Crippen LogP contribution in [-0.2, 0) is 0 Å². The number of carbonyl (C=O) groups excluding carboxylic acids is 1. The summed E-state index contributed by atoms with van der Waals surface area (Å²) in [4.78, 5) is 13.0. The minimum atomic E-state index is -0.698. The Bertz CT molecular complexity index is 705. The van der Waals surface area contributed by atoms with Gasteiger partial charge in [0.15, 0.2) is 5.69 Å². The SMILES string of the molecule is O=C(NCC(O)c1ccsc1)c1cc(-c2cccs2)[nH]n1. The molecule has 3 aromatic heterocycles. The largest absolute Gasteiger partial charge is 0.387 e. The molecule has 21 heavy (non-hydrogen) atoms. The molecule has 0 bridgehead atoms. The zero-order valence-electron chi connectivity index (χ0n) is 10.9. The van der Waals surface area contributed by atoms with Gasteiger partial charge in [0.05, 0.1) is 16.7 Å². The van der Waals surface area contributed by atoms with Crippen molar-refractivity contribution in [1.82, 2.24) is 15.5 Å². The quantitative estimate of drug-likeness (QED) is 0.676. The highest BCUT2D eigenvalue weighted by atomic mass is 32.1. The molecule has 108 valence electrons. The number of nitrogens with one attached hydrogen (secondary N) is 2. The molecule has 0 aliphatic carbocycles. The molecule has 0 saturated carbocycles. The van der Waals surface area contributed by atoms with Crippen molar-refractivity contribution >= 4 is 28.6 Å². The van der Waals surface area contributed by atoms with Crippen molar-refractivity contribution in [1.29, 1.82) is 0 Å². The van der Waals surface area contributed by atoms with Crippen LogP contribution < -0.4 is 5.32 Å². The minimum absolute atomic E-state index is 0.163. The van der Waals surface area contributed by atoms with E-state index in [-0.39, 0.29) is 12.5 Å². The normalized spacial score (nSPS) is 12.2. The van der Waals surface area contributed by atoms with E-state index in [0.29, 0.717) is 5.69 Å². The summed E-state index contributed by atoms with van der Waals surface area (Å²) in [5, 5.41) is 25.2. The smallest absolute Gasteiger partial charge is 0.271 e. The number of nitrogens with zero attached hydrogens (tertiary/aromatic N) is 1. The van der Waals surface area contributed by atoms with E-state index in [2.05, 4.69) is 15.5 Å². The van der Waals surface area contributed by atoms with Crippen LogP contribution >= 0.6 is 22.7 Å². The van der Waals surface area contributed by atoms with Crippen molar-refractivity contribution in [2.24, 2.45) is 0 Å². The molecule has 3 N–H and O–H groups in total. The lowest BCUT2D eigenvalue weighted by atomic mass is 10.2. The first kappa shape index (κ1) is 14.0. The highest BCUT2D eigenvalue weighted by Gasteiger charge is 2.14. The molecule has 0 saturated heterocycles. The number of hydrogen-bond donors (Lipinski definition) is 3. The molecule has 3 rings (SSSR count). The van der Waals surface area contributed by atoms with E-state index in [9.17, 15) is 9.90 Å². The van der Waals surface area contributed by atoms with Crippen molar-refractivity contribution in [3.8, 4) is 10.6 Å². The molecular formula is C14H13N3O2S2. The van der Waals surface area contributed by atoms with Gasteiger partial charge in [-0.25, -0.2) is 0 Å². The first-order valence-electron chi connectivity index (χ1n) is 6.31. The molecule has 7 heteroatoms. The Morgan fingerprint density at radius 2 is 2.33 bits per heavy atom. The van der Waals surface area contributed by atoms with Crippen LogP contribution in [-0.4, -0.2) is 27.8 Å². The molecule has 0 radical (unpaired) electrons. The fourth-order valence-corrected chi connectivity index (χ4v) is 3.26. The third-order valence-corrected chi connectivity index (χ3v) is 4.59. The van der Waals surface area contributed by atoms with Crippen molar-refractivity contribution in [3.63, 3.8) is 0 Å². The van der Waals surface area contributed by atoms with Crippen molar-refractivity contribution in [2.75, 3.05) is 6.54 Å². The van der Waals surface area contributed by atoms with Gasteiger partial charge in [-0.3, -0.25) is 9.89 Å². The van der Waals surface area contributed by atoms with Crippen molar-refractivity contribution in [3.05, 3.63) is 51.7 Å². The molecule has 0 aliphatic heterocycles. The van der Waals surface area contributed by atoms with E-state index < -0.39 is 6.10 Å². The fraction of sp³-hybridized carbons (Fsp3) is 0.143. The third-order valence-electron chi connectivity index (χ3n) is 2.98. The van der Waals surface area contributed by atoms with E-state index in [4.69, 9.17) is 0 Å². The van der Waals surface area contributed by atoms with Gasteiger partial charge < -0.3 is 10.4 Å². The topological polar surface area (TPSA) is 78.0 Å². The molecule has 1 atom stereocenters. The second-order valence-corrected chi connectivity index (χ2v) is 6.15. The van der Waals surface area contributed by atoms with E-state index in [1.165, 1.54) is 11.3 Å². The van der Waals surface area contributed by atoms with Crippen LogP contribution in [0.4, 0.5) is 0 Å². The zero-order valence-corrected chi connectivity index (χ0v) is 12.6. The summed E-state index contributed by atoms with van der Waals surface area (Å²) in [5.41, 5.74) is 1.94. The molecule has 0 aromatic carbocycles. The zero-order chi connectivity index (χ0) is 14.7. The lowest BCUT2D eigenvalue weighted by Crippen LogP contribution is -2.28. The van der Waals surface area contributed by atoms with Crippen LogP contribution in [0.5, 0.6) is 0 Å². The maximum atomic E-state index is 12.0. The van der Waals surface area contributed by atoms with E-state index in [0.717, 1.165) is 16.1 Å². The maximum Gasteiger partial charge on any atom is 0.271 e. The summed E-state index contributed by atoms with van der Waals surface area (Å²) in [6.07, 6.45) is -0.698. The van der Waals surface area contributed by atoms with Crippen LogP contribution in [0.25, 0.3) is 10.6 Å². The number of carbonyl (C=O) groups is 1. The van der Waals surface area contributed by atoms with Crippen LogP contribution in [0.15, 0.2) is 40.4 Å². The van der Waals surface area contributed by atoms with E-state index >= 15 is 0 Å². The van der Waals surface area contributed by atoms with Gasteiger partial charge in [0.25, 0.3) is 5.91 Å². The Kier molecular flexibility index (Phi) is 4.14. The standard InChI is InChI=1S/C14H13N3O2S2/c18-12(9-3-5-20-8-9)7-15-14(19)11-6-10(16-17-11)13-2-1-4-21-13/h1-6,8,12,18H,7H2,(H,15,19)(H,16,17). The van der Waals surface area contributed by atoms with Gasteiger partial charge in [0, 0.05) is 6.54 Å². The van der Waals surface area contributed by atoms with Crippen LogP contribution in [0.3, 0.4) is 0 Å². The first-order valence-corrected chi connectivity index (χ1v) is 8.14. The first-order chi connectivity index (χ1) is 10.2. The van der Waals surface area contributed by atoms with Crippen LogP contribution in [0.1, 0.15) is 22.2 Å². The molecular weight excluding hydrogens is 306 g/mol. The van der Waals surface area contributed by atoms with E-state index in [1.807, 2.05) is 34.3 Å². The average molecular weight is 319 g/mol. The van der Waals surface area contributed by atoms with Gasteiger partial charge in [-0.05, 0) is 39.9 Å². The lowest BCUT2D eigenvalue weighted by molar-refractivity contribution is 0.0911. The summed E-state index contributed by atoms with van der Waals surface area (Å²) in [5.74, 6) is -0.302. The summed E-state index contributed by atoms with van der Waals surface area (Å²) in [7, 11) is 0. The van der Waals surface area contributed by atoms with Crippen LogP contribution in [0, 0.1) is 0 Å². The predicted octanol–water partition coefficient (Wildman–Crippen LogP) is 2.66. The van der Waals surface area contributed by atoms with Gasteiger partial charge in [-0.2, -0.15) is 16.4 Å². The van der Waals surface area contributed by atoms with Gasteiger partial charge in [0.1, 0.15) is 0 Å². The molecule has 3 aromatic rings. The Balaban J connectivity index is 1.61. The molecule has 0 fully saturated rings. The van der Waals surface area contributed by atoms with Gasteiger partial charge in [0.2, 0.25) is 0 Å².